The van der Waals surface area contributed by atoms with Crippen LogP contribution in [0.2, 0.25) is 0 Å². The number of nitrogens with zero attached hydrogens (tertiary/aromatic N) is 1. The number of hydrogen-bond acceptors (Lipinski definition) is 3. The predicted molar refractivity (Wildman–Crippen MR) is 144 cm³/mol. The Hall–Kier alpha value is -3.44. The molecule has 2 amide bonds. The quantitative estimate of drug-likeness (QED) is 0.247. The smallest absolute Gasteiger partial charge is 0.234 e. The van der Waals surface area contributed by atoms with E-state index in [1.54, 1.807) is 0 Å². The van der Waals surface area contributed by atoms with Gasteiger partial charge in [0, 0.05) is 17.5 Å². The van der Waals surface area contributed by atoms with Gasteiger partial charge in [-0.15, -0.1) is 0 Å². The number of benzene rings is 4. The lowest BCUT2D eigenvalue weighted by Crippen LogP contribution is -2.47. The number of rotatable bonds is 8. The summed E-state index contributed by atoms with van der Waals surface area (Å²) in [5, 5.41) is 10.1. The summed E-state index contributed by atoms with van der Waals surface area (Å²) in [4.78, 5) is 27.1. The fraction of sp³-hybridized carbons (Fsp3) is 0.333. The normalized spacial score (nSPS) is 15.4. The molecule has 0 aromatic heterocycles. The Balaban J connectivity index is 1.30. The van der Waals surface area contributed by atoms with Gasteiger partial charge in [-0.2, -0.15) is 0 Å². The molecule has 0 bridgehead atoms. The first-order valence-electron chi connectivity index (χ1n) is 12.8. The summed E-state index contributed by atoms with van der Waals surface area (Å²) < 4.78 is 0. The van der Waals surface area contributed by atoms with Crippen molar-refractivity contribution in [2.24, 2.45) is 5.73 Å². The van der Waals surface area contributed by atoms with Crippen LogP contribution in [0.15, 0.2) is 66.7 Å². The molecule has 5 nitrogen and oxygen atoms in total. The minimum Gasteiger partial charge on any atom is -0.368 e. The van der Waals surface area contributed by atoms with Crippen LogP contribution >= 0.6 is 0 Å². The molecule has 0 saturated carbocycles. The highest BCUT2D eigenvalue weighted by molar-refractivity contribution is 6.21. The van der Waals surface area contributed by atoms with Crippen molar-refractivity contribution >= 4 is 49.8 Å². The largest absolute Gasteiger partial charge is 0.368 e. The van der Waals surface area contributed by atoms with E-state index in [4.69, 9.17) is 5.73 Å². The molecule has 4 aromatic rings. The molecule has 0 spiro atoms. The summed E-state index contributed by atoms with van der Waals surface area (Å²) in [6, 6.07) is 22.8. The standard InChI is InChI=1S/C30H33N3O2/c31-30(35)28(33-18-8-1-9-19-33)14-6-7-15-29(34)32-27-20-26-22-11-3-2-10-21(22)16-17-24(26)23-12-4-5-13-25(23)27/h2-5,10-13,16-17,20,28H,1,6-9,14-15,18-19H2,(H2,31,35)(H,32,34). The number of carbonyl (C=O) groups is 2. The summed E-state index contributed by atoms with van der Waals surface area (Å²) in [5.74, 6) is -0.241. The molecule has 5 heteroatoms. The number of hydrogen-bond donors (Lipinski definition) is 2. The molecule has 3 N–H and O–H groups in total. The van der Waals surface area contributed by atoms with E-state index in [1.165, 1.54) is 22.6 Å². The number of nitrogens with one attached hydrogen (secondary N) is 1. The van der Waals surface area contributed by atoms with E-state index in [-0.39, 0.29) is 17.9 Å². The lowest BCUT2D eigenvalue weighted by molar-refractivity contribution is -0.123. The number of fused-ring (bicyclic) bond motifs is 5. The third-order valence-electron chi connectivity index (χ3n) is 7.33. The van der Waals surface area contributed by atoms with Gasteiger partial charge >= 0.3 is 0 Å². The highest BCUT2D eigenvalue weighted by atomic mass is 16.2. The monoisotopic (exact) mass is 467 g/mol. The molecule has 5 rings (SSSR count). The minimum atomic E-state index is -0.244. The Labute approximate surface area is 206 Å². The van der Waals surface area contributed by atoms with Crippen molar-refractivity contribution in [3.63, 3.8) is 0 Å². The first-order chi connectivity index (χ1) is 17.1. The fourth-order valence-electron chi connectivity index (χ4n) is 5.54. The topological polar surface area (TPSA) is 75.4 Å². The van der Waals surface area contributed by atoms with Crippen LogP contribution in [0, 0.1) is 0 Å². The molecule has 0 radical (unpaired) electrons. The highest BCUT2D eigenvalue weighted by Gasteiger charge is 2.24. The van der Waals surface area contributed by atoms with Gasteiger partial charge in [-0.3, -0.25) is 14.5 Å². The Morgan fingerprint density at radius 3 is 2.26 bits per heavy atom. The molecule has 1 unspecified atom stereocenters. The molecule has 4 aromatic carbocycles. The maximum Gasteiger partial charge on any atom is 0.234 e. The number of unbranched alkanes of at least 4 members (excludes halogenated alkanes) is 1. The molecule has 1 saturated heterocycles. The Bertz CT molecular complexity index is 1370. The molecule has 0 aliphatic carbocycles. The number of nitrogens with two attached hydrogens (primary N) is 1. The van der Waals surface area contributed by atoms with E-state index < -0.39 is 0 Å². The lowest BCUT2D eigenvalue weighted by atomic mass is 9.96. The van der Waals surface area contributed by atoms with Gasteiger partial charge < -0.3 is 11.1 Å². The van der Waals surface area contributed by atoms with Gasteiger partial charge in [0.25, 0.3) is 0 Å². The molecular formula is C30H33N3O2. The highest BCUT2D eigenvalue weighted by Crippen LogP contribution is 2.36. The van der Waals surface area contributed by atoms with Crippen molar-refractivity contribution in [2.45, 2.75) is 51.0 Å². The summed E-state index contributed by atoms with van der Waals surface area (Å²) in [7, 11) is 0. The van der Waals surface area contributed by atoms with E-state index >= 15 is 0 Å². The van der Waals surface area contributed by atoms with Gasteiger partial charge in [-0.1, -0.05) is 73.5 Å². The molecule has 1 fully saturated rings. The van der Waals surface area contributed by atoms with Crippen molar-refractivity contribution < 1.29 is 9.59 Å². The van der Waals surface area contributed by atoms with Crippen LogP contribution in [0.3, 0.4) is 0 Å². The van der Waals surface area contributed by atoms with Crippen molar-refractivity contribution in [3.8, 4) is 0 Å². The van der Waals surface area contributed by atoms with Crippen LogP contribution in [-0.4, -0.2) is 35.8 Å². The zero-order valence-electron chi connectivity index (χ0n) is 20.1. The van der Waals surface area contributed by atoms with Gasteiger partial charge in [0.05, 0.1) is 6.04 Å². The number of carbonyl (C=O) groups excluding carboxylic acids is 2. The SMILES string of the molecule is NC(=O)C(CCCCC(=O)Nc1cc2c3ccccc3ccc2c2ccccc12)N1CCCCC1. The van der Waals surface area contributed by atoms with Crippen LogP contribution < -0.4 is 11.1 Å². The first-order valence-corrected chi connectivity index (χ1v) is 12.8. The van der Waals surface area contributed by atoms with Gasteiger partial charge in [-0.05, 0) is 71.8 Å². The average Bonchev–Trinajstić information content (AvgIpc) is 2.89. The minimum absolute atomic E-state index is 0.00309. The maximum atomic E-state index is 12.9. The van der Waals surface area contributed by atoms with Gasteiger partial charge in [0.15, 0.2) is 0 Å². The van der Waals surface area contributed by atoms with Crippen LogP contribution in [0.4, 0.5) is 5.69 Å². The van der Waals surface area contributed by atoms with Gasteiger partial charge in [0.1, 0.15) is 0 Å². The summed E-state index contributed by atoms with van der Waals surface area (Å²) in [5.41, 5.74) is 6.53. The number of anilines is 1. The summed E-state index contributed by atoms with van der Waals surface area (Å²) >= 11 is 0. The molecule has 1 aliphatic heterocycles. The second-order valence-corrected chi connectivity index (χ2v) is 9.66. The third kappa shape index (κ3) is 5.01. The van der Waals surface area contributed by atoms with Crippen LogP contribution in [0.1, 0.15) is 44.9 Å². The molecular weight excluding hydrogens is 434 g/mol. The van der Waals surface area contributed by atoms with E-state index in [0.29, 0.717) is 12.8 Å². The second kappa shape index (κ2) is 10.4. The zero-order valence-corrected chi connectivity index (χ0v) is 20.1. The van der Waals surface area contributed by atoms with Crippen molar-refractivity contribution in [3.05, 3.63) is 66.7 Å². The molecule has 1 aliphatic rings. The Morgan fingerprint density at radius 1 is 0.800 bits per heavy atom. The predicted octanol–water partition coefficient (Wildman–Crippen LogP) is 5.98. The van der Waals surface area contributed by atoms with Gasteiger partial charge in [-0.25, -0.2) is 0 Å². The Morgan fingerprint density at radius 2 is 1.49 bits per heavy atom. The summed E-state index contributed by atoms with van der Waals surface area (Å²) in [6.45, 7) is 1.88. The van der Waals surface area contributed by atoms with Crippen molar-refractivity contribution in [1.29, 1.82) is 0 Å². The van der Waals surface area contributed by atoms with E-state index in [9.17, 15) is 9.59 Å². The second-order valence-electron chi connectivity index (χ2n) is 9.66. The maximum absolute atomic E-state index is 12.9. The molecule has 1 heterocycles. The van der Waals surface area contributed by atoms with Crippen molar-refractivity contribution in [1.82, 2.24) is 4.90 Å². The summed E-state index contributed by atoms with van der Waals surface area (Å²) in [6.07, 6.45) is 6.16. The average molecular weight is 468 g/mol. The number of likely N-dealkylation sites (tertiary alicyclic amines) is 1. The van der Waals surface area contributed by atoms with Gasteiger partial charge in [0.2, 0.25) is 11.8 Å². The Kier molecular flexibility index (Phi) is 6.96. The van der Waals surface area contributed by atoms with E-state index in [1.807, 2.05) is 18.2 Å². The van der Waals surface area contributed by atoms with E-state index in [0.717, 1.165) is 60.6 Å². The van der Waals surface area contributed by atoms with Crippen LogP contribution in [-0.2, 0) is 9.59 Å². The van der Waals surface area contributed by atoms with Crippen molar-refractivity contribution in [2.75, 3.05) is 18.4 Å². The fourth-order valence-corrected chi connectivity index (χ4v) is 5.54. The molecule has 35 heavy (non-hydrogen) atoms. The number of piperidine rings is 1. The molecule has 180 valence electrons. The number of amides is 2. The zero-order chi connectivity index (χ0) is 24.2. The first kappa shape index (κ1) is 23.3. The third-order valence-corrected chi connectivity index (χ3v) is 7.33. The molecule has 1 atom stereocenters. The van der Waals surface area contributed by atoms with Crippen LogP contribution in [0.25, 0.3) is 32.3 Å². The van der Waals surface area contributed by atoms with E-state index in [2.05, 4.69) is 58.7 Å². The van der Waals surface area contributed by atoms with Crippen LogP contribution in [0.5, 0.6) is 0 Å². The number of primary amides is 1. The lowest BCUT2D eigenvalue weighted by Gasteiger charge is -2.32.